The van der Waals surface area contributed by atoms with E-state index in [2.05, 4.69) is 5.32 Å². The van der Waals surface area contributed by atoms with Crippen LogP contribution in [0.25, 0.3) is 0 Å². The van der Waals surface area contributed by atoms with Gasteiger partial charge in [0.05, 0.1) is 0 Å². The SMILES string of the molecule is CCN(Cc1ccccc1)C(=O)C(=O)NCCN. The van der Waals surface area contributed by atoms with Crippen LogP contribution in [0.3, 0.4) is 0 Å². The zero-order chi connectivity index (χ0) is 13.4. The number of carbonyl (C=O) groups excluding carboxylic acids is 2. The molecule has 3 N–H and O–H groups in total. The molecule has 0 unspecified atom stereocenters. The van der Waals surface area contributed by atoms with Gasteiger partial charge in [0.25, 0.3) is 0 Å². The number of likely N-dealkylation sites (N-methyl/N-ethyl adjacent to an activating group) is 1. The van der Waals surface area contributed by atoms with E-state index in [1.807, 2.05) is 37.3 Å². The van der Waals surface area contributed by atoms with Crippen LogP contribution < -0.4 is 11.1 Å². The second-order valence-corrected chi connectivity index (χ2v) is 3.85. The van der Waals surface area contributed by atoms with Gasteiger partial charge in [0.1, 0.15) is 0 Å². The predicted octanol–water partition coefficient (Wildman–Crippen LogP) is 0.110. The summed E-state index contributed by atoms with van der Waals surface area (Å²) in [7, 11) is 0. The fourth-order valence-electron chi connectivity index (χ4n) is 1.54. The summed E-state index contributed by atoms with van der Waals surface area (Å²) in [5.41, 5.74) is 6.27. The molecule has 0 aliphatic heterocycles. The quantitative estimate of drug-likeness (QED) is 0.727. The van der Waals surface area contributed by atoms with Crippen molar-refractivity contribution in [1.82, 2.24) is 10.2 Å². The van der Waals surface area contributed by atoms with Crippen molar-refractivity contribution in [3.05, 3.63) is 35.9 Å². The Labute approximate surface area is 107 Å². The highest BCUT2D eigenvalue weighted by molar-refractivity contribution is 6.34. The van der Waals surface area contributed by atoms with Gasteiger partial charge in [-0.05, 0) is 12.5 Å². The third-order valence-electron chi connectivity index (χ3n) is 2.51. The Balaban J connectivity index is 2.60. The lowest BCUT2D eigenvalue weighted by molar-refractivity contribution is -0.146. The van der Waals surface area contributed by atoms with E-state index in [1.54, 1.807) is 0 Å². The lowest BCUT2D eigenvalue weighted by Crippen LogP contribution is -2.43. The molecule has 0 aliphatic rings. The van der Waals surface area contributed by atoms with Crippen LogP contribution in [0.4, 0.5) is 0 Å². The van der Waals surface area contributed by atoms with Crippen molar-refractivity contribution in [1.29, 1.82) is 0 Å². The monoisotopic (exact) mass is 249 g/mol. The van der Waals surface area contributed by atoms with Gasteiger partial charge in [0, 0.05) is 26.2 Å². The summed E-state index contributed by atoms with van der Waals surface area (Å²) in [6.45, 7) is 3.41. The number of nitrogens with one attached hydrogen (secondary N) is 1. The third kappa shape index (κ3) is 4.18. The largest absolute Gasteiger partial charge is 0.347 e. The lowest BCUT2D eigenvalue weighted by atomic mass is 10.2. The second kappa shape index (κ2) is 7.45. The summed E-state index contributed by atoms with van der Waals surface area (Å²) in [5, 5.41) is 2.48. The van der Waals surface area contributed by atoms with Crippen molar-refractivity contribution in [2.75, 3.05) is 19.6 Å². The zero-order valence-electron chi connectivity index (χ0n) is 10.6. The molecule has 0 bridgehead atoms. The Bertz CT molecular complexity index is 392. The van der Waals surface area contributed by atoms with Gasteiger partial charge in [-0.25, -0.2) is 0 Å². The molecule has 0 aliphatic carbocycles. The second-order valence-electron chi connectivity index (χ2n) is 3.85. The topological polar surface area (TPSA) is 75.4 Å². The molecular formula is C13H19N3O2. The van der Waals surface area contributed by atoms with Crippen LogP contribution in [0.1, 0.15) is 12.5 Å². The van der Waals surface area contributed by atoms with E-state index in [4.69, 9.17) is 5.73 Å². The van der Waals surface area contributed by atoms with Gasteiger partial charge in [-0.2, -0.15) is 0 Å². The van der Waals surface area contributed by atoms with Crippen molar-refractivity contribution in [2.45, 2.75) is 13.5 Å². The first-order valence-corrected chi connectivity index (χ1v) is 6.00. The van der Waals surface area contributed by atoms with Gasteiger partial charge in [0.15, 0.2) is 0 Å². The smallest absolute Gasteiger partial charge is 0.312 e. The maximum Gasteiger partial charge on any atom is 0.312 e. The molecule has 0 fully saturated rings. The lowest BCUT2D eigenvalue weighted by Gasteiger charge is -2.20. The molecule has 1 aromatic carbocycles. The highest BCUT2D eigenvalue weighted by atomic mass is 16.2. The zero-order valence-corrected chi connectivity index (χ0v) is 10.6. The molecule has 0 saturated heterocycles. The number of nitrogens with zero attached hydrogens (tertiary/aromatic N) is 1. The molecule has 18 heavy (non-hydrogen) atoms. The Morgan fingerprint density at radius 2 is 1.94 bits per heavy atom. The summed E-state index contributed by atoms with van der Waals surface area (Å²) >= 11 is 0. The van der Waals surface area contributed by atoms with Crippen LogP contribution in [-0.2, 0) is 16.1 Å². The van der Waals surface area contributed by atoms with Crippen molar-refractivity contribution in [3.63, 3.8) is 0 Å². The summed E-state index contributed by atoms with van der Waals surface area (Å²) < 4.78 is 0. The fourth-order valence-corrected chi connectivity index (χ4v) is 1.54. The average Bonchev–Trinajstić information content (AvgIpc) is 2.42. The molecule has 1 rings (SSSR count). The van der Waals surface area contributed by atoms with E-state index in [9.17, 15) is 9.59 Å². The highest BCUT2D eigenvalue weighted by Gasteiger charge is 2.19. The van der Waals surface area contributed by atoms with Crippen molar-refractivity contribution in [2.24, 2.45) is 5.73 Å². The number of benzene rings is 1. The molecule has 2 amide bonds. The van der Waals surface area contributed by atoms with Crippen LogP contribution in [0.2, 0.25) is 0 Å². The Hall–Kier alpha value is -1.88. The molecule has 5 nitrogen and oxygen atoms in total. The number of rotatable bonds is 5. The van der Waals surface area contributed by atoms with Crippen LogP contribution in [0.15, 0.2) is 30.3 Å². The molecule has 98 valence electrons. The number of hydrogen-bond acceptors (Lipinski definition) is 3. The van der Waals surface area contributed by atoms with E-state index in [-0.39, 0.29) is 0 Å². The van der Waals surface area contributed by atoms with Gasteiger partial charge in [-0.15, -0.1) is 0 Å². The van der Waals surface area contributed by atoms with Crippen LogP contribution in [0, 0.1) is 0 Å². The molecule has 1 aromatic rings. The highest BCUT2D eigenvalue weighted by Crippen LogP contribution is 2.04. The molecule has 0 spiro atoms. The summed E-state index contributed by atoms with van der Waals surface area (Å²) in [5.74, 6) is -1.12. The summed E-state index contributed by atoms with van der Waals surface area (Å²) in [6.07, 6.45) is 0. The minimum atomic E-state index is -0.599. The van der Waals surface area contributed by atoms with Crippen LogP contribution in [0.5, 0.6) is 0 Å². The normalized spacial score (nSPS) is 9.89. The summed E-state index contributed by atoms with van der Waals surface area (Å²) in [6, 6.07) is 9.57. The van der Waals surface area contributed by atoms with Crippen molar-refractivity contribution in [3.8, 4) is 0 Å². The van der Waals surface area contributed by atoms with Gasteiger partial charge >= 0.3 is 11.8 Å². The van der Waals surface area contributed by atoms with E-state index < -0.39 is 11.8 Å². The first kappa shape index (κ1) is 14.2. The van der Waals surface area contributed by atoms with Crippen molar-refractivity contribution < 1.29 is 9.59 Å². The number of hydrogen-bond donors (Lipinski definition) is 2. The summed E-state index contributed by atoms with van der Waals surface area (Å²) in [4.78, 5) is 24.9. The van der Waals surface area contributed by atoms with Gasteiger partial charge < -0.3 is 16.0 Å². The van der Waals surface area contributed by atoms with E-state index in [0.29, 0.717) is 26.2 Å². The number of amides is 2. The molecule has 0 atom stereocenters. The third-order valence-corrected chi connectivity index (χ3v) is 2.51. The maximum absolute atomic E-state index is 11.9. The number of carbonyl (C=O) groups is 2. The molecule has 5 heteroatoms. The first-order valence-electron chi connectivity index (χ1n) is 6.00. The van der Waals surface area contributed by atoms with Crippen LogP contribution >= 0.6 is 0 Å². The van der Waals surface area contributed by atoms with Gasteiger partial charge in [-0.3, -0.25) is 9.59 Å². The Morgan fingerprint density at radius 3 is 2.50 bits per heavy atom. The Kier molecular flexibility index (Phi) is 5.87. The number of nitrogens with two attached hydrogens (primary N) is 1. The van der Waals surface area contributed by atoms with E-state index in [0.717, 1.165) is 5.56 Å². The molecule has 0 saturated carbocycles. The minimum Gasteiger partial charge on any atom is -0.347 e. The standard InChI is InChI=1S/C13H19N3O2/c1-2-16(10-11-6-4-3-5-7-11)13(18)12(17)15-9-8-14/h3-7H,2,8-10,14H2,1H3,(H,15,17). The Morgan fingerprint density at radius 1 is 1.28 bits per heavy atom. The molecule has 0 heterocycles. The molecular weight excluding hydrogens is 230 g/mol. The maximum atomic E-state index is 11.9. The van der Waals surface area contributed by atoms with Crippen LogP contribution in [-0.4, -0.2) is 36.3 Å². The minimum absolute atomic E-state index is 0.313. The van der Waals surface area contributed by atoms with Gasteiger partial charge in [0.2, 0.25) is 0 Å². The van der Waals surface area contributed by atoms with E-state index in [1.165, 1.54) is 4.90 Å². The molecule has 0 aromatic heterocycles. The molecule has 0 radical (unpaired) electrons. The average molecular weight is 249 g/mol. The van der Waals surface area contributed by atoms with Gasteiger partial charge in [-0.1, -0.05) is 30.3 Å². The predicted molar refractivity (Wildman–Crippen MR) is 69.6 cm³/mol. The van der Waals surface area contributed by atoms with E-state index >= 15 is 0 Å². The first-order chi connectivity index (χ1) is 8.69. The fraction of sp³-hybridized carbons (Fsp3) is 0.385. The van der Waals surface area contributed by atoms with Crippen molar-refractivity contribution >= 4 is 11.8 Å².